The molecule has 0 aromatic heterocycles. The number of aliphatic hydroxyl groups is 1. The smallest absolute Gasteiger partial charge is 0.162 e. The molecule has 1 atom stereocenters. The van der Waals surface area contributed by atoms with E-state index < -0.39 is 0 Å². The lowest BCUT2D eigenvalue weighted by molar-refractivity contribution is 0.0664. The summed E-state index contributed by atoms with van der Waals surface area (Å²) >= 11 is 0. The first-order valence-corrected chi connectivity index (χ1v) is 6.54. The number of para-hydroxylation sites is 1. The predicted octanol–water partition coefficient (Wildman–Crippen LogP) is 1.75. The topological polar surface area (TPSA) is 52.9 Å². The van der Waals surface area contributed by atoms with Crippen molar-refractivity contribution in [1.82, 2.24) is 4.90 Å². The van der Waals surface area contributed by atoms with E-state index in [0.29, 0.717) is 25.4 Å². The van der Waals surface area contributed by atoms with Crippen LogP contribution in [-0.4, -0.2) is 40.9 Å². The molecule has 0 aliphatic carbocycles. The van der Waals surface area contributed by atoms with E-state index in [0.717, 1.165) is 24.9 Å². The van der Waals surface area contributed by atoms with Crippen LogP contribution in [0.3, 0.4) is 0 Å². The first-order valence-electron chi connectivity index (χ1n) is 6.54. The fourth-order valence-electron chi connectivity index (χ4n) is 2.38. The van der Waals surface area contributed by atoms with Crippen molar-refractivity contribution in [3.63, 3.8) is 0 Å². The van der Waals surface area contributed by atoms with Crippen molar-refractivity contribution >= 4 is 0 Å². The second kappa shape index (κ2) is 6.07. The van der Waals surface area contributed by atoms with E-state index in [2.05, 4.69) is 4.90 Å². The molecule has 1 aliphatic rings. The van der Waals surface area contributed by atoms with Gasteiger partial charge < -0.3 is 14.9 Å². The number of likely N-dealkylation sites (tertiary alicyclic amines) is 1. The van der Waals surface area contributed by atoms with Gasteiger partial charge in [0.1, 0.15) is 0 Å². The average Bonchev–Trinajstić information content (AvgIpc) is 2.35. The molecule has 0 spiro atoms. The summed E-state index contributed by atoms with van der Waals surface area (Å²) in [6.07, 6.45) is 1.64. The first kappa shape index (κ1) is 13.2. The molecule has 100 valence electrons. The Kier molecular flexibility index (Phi) is 4.44. The minimum Gasteiger partial charge on any atom is -0.504 e. The second-order valence-electron chi connectivity index (χ2n) is 4.73. The summed E-state index contributed by atoms with van der Waals surface area (Å²) in [7, 11) is 0. The second-order valence-corrected chi connectivity index (χ2v) is 4.73. The molecule has 4 nitrogen and oxygen atoms in total. The monoisotopic (exact) mass is 251 g/mol. The molecule has 1 aromatic carbocycles. The van der Waals surface area contributed by atoms with Gasteiger partial charge in [0.15, 0.2) is 11.5 Å². The maximum Gasteiger partial charge on any atom is 0.162 e. The minimum atomic E-state index is -0.240. The molecule has 18 heavy (non-hydrogen) atoms. The van der Waals surface area contributed by atoms with Gasteiger partial charge in [0.25, 0.3) is 0 Å². The Morgan fingerprint density at radius 3 is 3.00 bits per heavy atom. The third kappa shape index (κ3) is 3.15. The van der Waals surface area contributed by atoms with Crippen molar-refractivity contribution in [1.29, 1.82) is 0 Å². The predicted molar refractivity (Wildman–Crippen MR) is 69.8 cm³/mol. The van der Waals surface area contributed by atoms with E-state index in [1.165, 1.54) is 0 Å². The van der Waals surface area contributed by atoms with Crippen molar-refractivity contribution in [3.05, 3.63) is 23.8 Å². The zero-order valence-electron chi connectivity index (χ0n) is 10.8. The van der Waals surface area contributed by atoms with Crippen LogP contribution in [0.25, 0.3) is 0 Å². The van der Waals surface area contributed by atoms with Crippen LogP contribution < -0.4 is 4.74 Å². The summed E-state index contributed by atoms with van der Waals surface area (Å²) < 4.78 is 5.37. The molecule has 1 fully saturated rings. The van der Waals surface area contributed by atoms with E-state index in [9.17, 15) is 10.2 Å². The molecule has 0 bridgehead atoms. The third-order valence-corrected chi connectivity index (χ3v) is 3.26. The van der Waals surface area contributed by atoms with Crippen LogP contribution in [0.1, 0.15) is 25.3 Å². The van der Waals surface area contributed by atoms with E-state index in [4.69, 9.17) is 4.74 Å². The van der Waals surface area contributed by atoms with Crippen LogP contribution in [-0.2, 0) is 6.54 Å². The van der Waals surface area contributed by atoms with Gasteiger partial charge in [0, 0.05) is 18.7 Å². The highest BCUT2D eigenvalue weighted by molar-refractivity contribution is 5.45. The Morgan fingerprint density at radius 2 is 2.28 bits per heavy atom. The lowest BCUT2D eigenvalue weighted by Crippen LogP contribution is -2.37. The number of benzene rings is 1. The summed E-state index contributed by atoms with van der Waals surface area (Å²) in [5, 5.41) is 19.7. The SMILES string of the molecule is CCOc1cccc(CN2CCCC(O)C2)c1O. The average molecular weight is 251 g/mol. The molecule has 1 heterocycles. The Labute approximate surface area is 108 Å². The number of ether oxygens (including phenoxy) is 1. The van der Waals surface area contributed by atoms with Gasteiger partial charge in [-0.25, -0.2) is 0 Å². The normalized spacial score (nSPS) is 20.9. The lowest BCUT2D eigenvalue weighted by Gasteiger charge is -2.30. The van der Waals surface area contributed by atoms with Gasteiger partial charge in [-0.05, 0) is 32.4 Å². The standard InChI is InChI=1S/C14H21NO3/c1-2-18-13-7-3-5-11(14(13)17)9-15-8-4-6-12(16)10-15/h3,5,7,12,16-17H,2,4,6,8-10H2,1H3. The maximum absolute atomic E-state index is 10.1. The zero-order valence-corrected chi connectivity index (χ0v) is 10.8. The van der Waals surface area contributed by atoms with E-state index in [-0.39, 0.29) is 11.9 Å². The Bertz CT molecular complexity index is 395. The van der Waals surface area contributed by atoms with Crippen LogP contribution in [0.2, 0.25) is 0 Å². The summed E-state index contributed by atoms with van der Waals surface area (Å²) in [4.78, 5) is 2.17. The number of nitrogens with zero attached hydrogens (tertiary/aromatic N) is 1. The number of phenols is 1. The van der Waals surface area contributed by atoms with Gasteiger partial charge in [-0.15, -0.1) is 0 Å². The number of rotatable bonds is 4. The summed E-state index contributed by atoms with van der Waals surface area (Å²) in [6.45, 7) is 4.74. The number of hydrogen-bond acceptors (Lipinski definition) is 4. The number of aromatic hydroxyl groups is 1. The largest absolute Gasteiger partial charge is 0.504 e. The van der Waals surface area contributed by atoms with E-state index in [1.807, 2.05) is 19.1 Å². The minimum absolute atomic E-state index is 0.222. The molecule has 0 radical (unpaired) electrons. The van der Waals surface area contributed by atoms with Gasteiger partial charge in [-0.3, -0.25) is 4.90 Å². The van der Waals surface area contributed by atoms with Gasteiger partial charge in [-0.1, -0.05) is 12.1 Å². The van der Waals surface area contributed by atoms with Gasteiger partial charge >= 0.3 is 0 Å². The molecule has 0 amide bonds. The molecule has 1 saturated heterocycles. The number of piperidine rings is 1. The van der Waals surface area contributed by atoms with Crippen molar-refractivity contribution in [2.75, 3.05) is 19.7 Å². The van der Waals surface area contributed by atoms with Gasteiger partial charge in [-0.2, -0.15) is 0 Å². The van der Waals surface area contributed by atoms with Crippen molar-refractivity contribution < 1.29 is 14.9 Å². The van der Waals surface area contributed by atoms with Crippen LogP contribution in [0.4, 0.5) is 0 Å². The van der Waals surface area contributed by atoms with Crippen molar-refractivity contribution in [2.45, 2.75) is 32.4 Å². The molecular formula is C14H21NO3. The third-order valence-electron chi connectivity index (χ3n) is 3.26. The van der Waals surface area contributed by atoms with Crippen molar-refractivity contribution in [3.8, 4) is 11.5 Å². The summed E-state index contributed by atoms with van der Waals surface area (Å²) in [5.74, 6) is 0.756. The number of phenolic OH excluding ortho intramolecular Hbond substituents is 1. The number of hydrogen-bond donors (Lipinski definition) is 2. The summed E-state index contributed by atoms with van der Waals surface area (Å²) in [6, 6.07) is 5.56. The molecule has 1 aliphatic heterocycles. The van der Waals surface area contributed by atoms with Crippen LogP contribution in [0.15, 0.2) is 18.2 Å². The van der Waals surface area contributed by atoms with Crippen LogP contribution in [0.5, 0.6) is 11.5 Å². The van der Waals surface area contributed by atoms with Gasteiger partial charge in [0.05, 0.1) is 12.7 Å². The fourth-order valence-corrected chi connectivity index (χ4v) is 2.38. The van der Waals surface area contributed by atoms with E-state index >= 15 is 0 Å². The summed E-state index contributed by atoms with van der Waals surface area (Å²) in [5.41, 5.74) is 0.857. The number of β-amino-alcohol motifs (C(OH)–C–C–N with tert-alkyl or cyclic N) is 1. The highest BCUT2D eigenvalue weighted by Gasteiger charge is 2.19. The highest BCUT2D eigenvalue weighted by atomic mass is 16.5. The zero-order chi connectivity index (χ0) is 13.0. The molecule has 1 aromatic rings. The molecular weight excluding hydrogens is 230 g/mol. The van der Waals surface area contributed by atoms with Crippen molar-refractivity contribution in [2.24, 2.45) is 0 Å². The lowest BCUT2D eigenvalue weighted by atomic mass is 10.1. The Balaban J connectivity index is 2.06. The Hall–Kier alpha value is -1.26. The van der Waals surface area contributed by atoms with Crippen LogP contribution in [0, 0.1) is 0 Å². The molecule has 2 N–H and O–H groups in total. The molecule has 1 unspecified atom stereocenters. The molecule has 2 rings (SSSR count). The highest BCUT2D eigenvalue weighted by Crippen LogP contribution is 2.31. The number of aliphatic hydroxyl groups excluding tert-OH is 1. The van der Waals surface area contributed by atoms with E-state index in [1.54, 1.807) is 6.07 Å². The maximum atomic E-state index is 10.1. The first-order chi connectivity index (χ1) is 8.70. The quantitative estimate of drug-likeness (QED) is 0.856. The van der Waals surface area contributed by atoms with Crippen LogP contribution >= 0.6 is 0 Å². The van der Waals surface area contributed by atoms with Gasteiger partial charge in [0.2, 0.25) is 0 Å². The molecule has 0 saturated carbocycles. The Morgan fingerprint density at radius 1 is 1.44 bits per heavy atom. The fraction of sp³-hybridized carbons (Fsp3) is 0.571. The molecule has 4 heteroatoms.